The van der Waals surface area contributed by atoms with Gasteiger partial charge in [-0.3, -0.25) is 0 Å². The molecule has 144 valence electrons. The van der Waals surface area contributed by atoms with Crippen molar-refractivity contribution >= 4 is 16.8 Å². The van der Waals surface area contributed by atoms with E-state index in [1.165, 1.54) is 5.56 Å². The molecule has 0 aliphatic carbocycles. The second kappa shape index (κ2) is 8.07. The smallest absolute Gasteiger partial charge is 0.115 e. The molecule has 4 nitrogen and oxygen atoms in total. The number of nitrogens with zero attached hydrogens (tertiary/aromatic N) is 2. The Labute approximate surface area is 170 Å². The monoisotopic (exact) mass is 381 g/mol. The summed E-state index contributed by atoms with van der Waals surface area (Å²) in [4.78, 5) is 4.20. The Balaban J connectivity index is 1.98. The lowest BCUT2D eigenvalue weighted by molar-refractivity contribution is 0.475. The summed E-state index contributed by atoms with van der Waals surface area (Å²) in [5, 5.41) is 9.80. The number of phenols is 1. The molecule has 0 amide bonds. The molecule has 0 aliphatic rings. The molecule has 0 spiro atoms. The minimum atomic E-state index is 0.251. The number of benzene rings is 3. The van der Waals surface area contributed by atoms with Crippen LogP contribution in [0.3, 0.4) is 0 Å². The van der Waals surface area contributed by atoms with Crippen LogP contribution in [0.15, 0.2) is 91.5 Å². The van der Waals surface area contributed by atoms with E-state index in [0.717, 1.165) is 33.5 Å². The molecule has 3 N–H and O–H groups in total. The van der Waals surface area contributed by atoms with E-state index in [1.54, 1.807) is 18.3 Å². The molecule has 4 rings (SSSR count). The fourth-order valence-electron chi connectivity index (χ4n) is 3.43. The van der Waals surface area contributed by atoms with Crippen LogP contribution in [-0.4, -0.2) is 14.7 Å². The fraction of sp³-hybridized carbons (Fsp3) is 0.0800. The van der Waals surface area contributed by atoms with Gasteiger partial charge < -0.3 is 15.4 Å². The van der Waals surface area contributed by atoms with E-state index in [0.29, 0.717) is 6.54 Å². The first kappa shape index (κ1) is 18.6. The van der Waals surface area contributed by atoms with Gasteiger partial charge in [-0.2, -0.15) is 0 Å². The van der Waals surface area contributed by atoms with Gasteiger partial charge in [-0.25, -0.2) is 4.98 Å². The topological polar surface area (TPSA) is 64.1 Å². The Morgan fingerprint density at radius 1 is 0.862 bits per heavy atom. The van der Waals surface area contributed by atoms with Gasteiger partial charge in [-0.1, -0.05) is 54.1 Å². The van der Waals surface area contributed by atoms with Gasteiger partial charge in [0, 0.05) is 24.6 Å². The average molecular weight is 381 g/mol. The summed E-state index contributed by atoms with van der Waals surface area (Å²) >= 11 is 0. The SMILES string of the molecule is Cc1ccc(/C(=C(\Cn2ccnc2)c2ccc(N)cc2)c2ccc(O)cc2)cc1. The Kier molecular flexibility index (Phi) is 5.16. The van der Waals surface area contributed by atoms with E-state index in [1.807, 2.05) is 36.8 Å². The Morgan fingerprint density at radius 3 is 2.03 bits per heavy atom. The van der Waals surface area contributed by atoms with Crippen LogP contribution in [0.1, 0.15) is 22.3 Å². The van der Waals surface area contributed by atoms with E-state index in [4.69, 9.17) is 5.73 Å². The van der Waals surface area contributed by atoms with Crippen molar-refractivity contribution in [2.45, 2.75) is 13.5 Å². The number of imidazole rings is 1. The van der Waals surface area contributed by atoms with E-state index < -0.39 is 0 Å². The van der Waals surface area contributed by atoms with Crippen molar-refractivity contribution in [1.29, 1.82) is 0 Å². The van der Waals surface area contributed by atoms with Gasteiger partial charge in [0.1, 0.15) is 5.75 Å². The molecule has 3 aromatic carbocycles. The standard InChI is InChI=1S/C25H23N3O/c1-18-2-4-20(5-3-18)25(21-8-12-23(29)13-9-21)24(16-28-15-14-27-17-28)19-6-10-22(26)11-7-19/h2-15,17,29H,16,26H2,1H3/b25-24-. The van der Waals surface area contributed by atoms with Crippen LogP contribution in [0.2, 0.25) is 0 Å². The number of hydrogen-bond donors (Lipinski definition) is 2. The number of allylic oxidation sites excluding steroid dienone is 1. The zero-order valence-electron chi connectivity index (χ0n) is 16.3. The van der Waals surface area contributed by atoms with E-state index >= 15 is 0 Å². The second-order valence-corrected chi connectivity index (χ2v) is 7.12. The van der Waals surface area contributed by atoms with Crippen LogP contribution in [0.5, 0.6) is 5.75 Å². The number of rotatable bonds is 5. The van der Waals surface area contributed by atoms with Crippen molar-refractivity contribution in [1.82, 2.24) is 9.55 Å². The predicted octanol–water partition coefficient (Wildman–Crippen LogP) is 5.14. The third-order valence-electron chi connectivity index (χ3n) is 4.96. The van der Waals surface area contributed by atoms with Crippen molar-refractivity contribution in [2.75, 3.05) is 5.73 Å². The van der Waals surface area contributed by atoms with E-state index in [-0.39, 0.29) is 5.75 Å². The number of aryl methyl sites for hydroxylation is 1. The van der Waals surface area contributed by atoms with Crippen molar-refractivity contribution in [3.8, 4) is 5.75 Å². The molecule has 0 bridgehead atoms. The maximum Gasteiger partial charge on any atom is 0.115 e. The summed E-state index contributed by atoms with van der Waals surface area (Å²) < 4.78 is 2.06. The molecular formula is C25H23N3O. The number of nitrogens with two attached hydrogens (primary N) is 1. The van der Waals surface area contributed by atoms with Crippen molar-refractivity contribution in [3.05, 3.63) is 114 Å². The molecule has 0 atom stereocenters. The molecule has 0 aliphatic heterocycles. The highest BCUT2D eigenvalue weighted by Gasteiger charge is 2.15. The molecule has 0 unspecified atom stereocenters. The molecule has 0 radical (unpaired) electrons. The largest absolute Gasteiger partial charge is 0.508 e. The number of nitrogen functional groups attached to an aromatic ring is 1. The number of phenolic OH excluding ortho intramolecular Hbond substituents is 1. The van der Waals surface area contributed by atoms with Crippen molar-refractivity contribution < 1.29 is 5.11 Å². The lowest BCUT2D eigenvalue weighted by Crippen LogP contribution is -2.03. The highest BCUT2D eigenvalue weighted by molar-refractivity contribution is 5.98. The summed E-state index contributed by atoms with van der Waals surface area (Å²) in [7, 11) is 0. The fourth-order valence-corrected chi connectivity index (χ4v) is 3.43. The second-order valence-electron chi connectivity index (χ2n) is 7.12. The first-order valence-corrected chi connectivity index (χ1v) is 9.51. The first-order chi connectivity index (χ1) is 14.1. The predicted molar refractivity (Wildman–Crippen MR) is 118 cm³/mol. The molecule has 4 aromatic rings. The van der Waals surface area contributed by atoms with Gasteiger partial charge in [-0.15, -0.1) is 0 Å². The number of anilines is 1. The Bertz CT molecular complexity index is 1060. The van der Waals surface area contributed by atoms with Crippen LogP contribution in [-0.2, 0) is 6.54 Å². The van der Waals surface area contributed by atoms with Crippen LogP contribution in [0, 0.1) is 6.92 Å². The molecule has 0 saturated carbocycles. The summed E-state index contributed by atoms with van der Waals surface area (Å²) in [6, 6.07) is 23.8. The summed E-state index contributed by atoms with van der Waals surface area (Å²) in [5.41, 5.74) is 13.4. The molecule has 0 saturated heterocycles. The zero-order valence-corrected chi connectivity index (χ0v) is 16.3. The lowest BCUT2D eigenvalue weighted by atomic mass is 9.89. The summed E-state index contributed by atoms with van der Waals surface area (Å²) in [6.45, 7) is 2.74. The molecule has 29 heavy (non-hydrogen) atoms. The lowest BCUT2D eigenvalue weighted by Gasteiger charge is -2.18. The van der Waals surface area contributed by atoms with E-state index in [9.17, 15) is 5.11 Å². The van der Waals surface area contributed by atoms with Crippen molar-refractivity contribution in [3.63, 3.8) is 0 Å². The number of aromatic nitrogens is 2. The third kappa shape index (κ3) is 4.22. The molecule has 1 aromatic heterocycles. The molecular weight excluding hydrogens is 358 g/mol. The van der Waals surface area contributed by atoms with Gasteiger partial charge in [0.15, 0.2) is 0 Å². The maximum absolute atomic E-state index is 9.80. The summed E-state index contributed by atoms with van der Waals surface area (Å²) in [6.07, 6.45) is 5.56. The number of aromatic hydroxyl groups is 1. The molecule has 4 heteroatoms. The van der Waals surface area contributed by atoms with Gasteiger partial charge in [-0.05, 0) is 59.0 Å². The third-order valence-corrected chi connectivity index (χ3v) is 4.96. The summed E-state index contributed by atoms with van der Waals surface area (Å²) in [5.74, 6) is 0.251. The maximum atomic E-state index is 9.80. The van der Waals surface area contributed by atoms with Gasteiger partial charge >= 0.3 is 0 Å². The van der Waals surface area contributed by atoms with Crippen molar-refractivity contribution in [2.24, 2.45) is 0 Å². The van der Waals surface area contributed by atoms with Crippen LogP contribution in [0.4, 0.5) is 5.69 Å². The van der Waals surface area contributed by atoms with Gasteiger partial charge in [0.25, 0.3) is 0 Å². The quantitative estimate of drug-likeness (QED) is 0.372. The van der Waals surface area contributed by atoms with Gasteiger partial charge in [0.05, 0.1) is 6.33 Å². The minimum absolute atomic E-state index is 0.251. The number of hydrogen-bond acceptors (Lipinski definition) is 3. The highest BCUT2D eigenvalue weighted by atomic mass is 16.3. The first-order valence-electron chi connectivity index (χ1n) is 9.51. The zero-order chi connectivity index (χ0) is 20.2. The Hall–Kier alpha value is -3.79. The normalized spacial score (nSPS) is 11.9. The van der Waals surface area contributed by atoms with E-state index in [2.05, 4.69) is 52.9 Å². The molecule has 0 fully saturated rings. The van der Waals surface area contributed by atoms with Crippen LogP contribution < -0.4 is 5.73 Å². The van der Waals surface area contributed by atoms with Crippen LogP contribution >= 0.6 is 0 Å². The molecule has 1 heterocycles. The Morgan fingerprint density at radius 2 is 1.45 bits per heavy atom. The average Bonchev–Trinajstić information content (AvgIpc) is 3.24. The minimum Gasteiger partial charge on any atom is -0.508 e. The van der Waals surface area contributed by atoms with Gasteiger partial charge in [0.2, 0.25) is 0 Å². The highest BCUT2D eigenvalue weighted by Crippen LogP contribution is 2.34. The van der Waals surface area contributed by atoms with Crippen LogP contribution in [0.25, 0.3) is 11.1 Å².